The number of benzene rings is 4. The van der Waals surface area contributed by atoms with Gasteiger partial charge in [-0.05, 0) is 58.1 Å². The smallest absolute Gasteiger partial charge is 0.344 e. The van der Waals surface area contributed by atoms with Crippen molar-refractivity contribution in [2.45, 2.75) is 51.2 Å². The van der Waals surface area contributed by atoms with E-state index in [1.165, 1.54) is 6.07 Å². The van der Waals surface area contributed by atoms with Crippen molar-refractivity contribution in [3.8, 4) is 23.0 Å². The average Bonchev–Trinajstić information content (AvgIpc) is 2.81. The molecule has 1 aliphatic heterocycles. The second-order valence-corrected chi connectivity index (χ2v) is 10.8. The Bertz CT molecular complexity index is 1750. The zero-order valence-electron chi connectivity index (χ0n) is 21.0. The number of hydrogen-bond donors (Lipinski definition) is 5. The molecular weight excluding hydrogens is 488 g/mol. The van der Waals surface area contributed by atoms with E-state index in [0.29, 0.717) is 39.3 Å². The van der Waals surface area contributed by atoms with Gasteiger partial charge in [-0.25, -0.2) is 4.79 Å². The largest absolute Gasteiger partial charge is 0.508 e. The van der Waals surface area contributed by atoms with E-state index < -0.39 is 23.0 Å². The molecule has 0 saturated heterocycles. The van der Waals surface area contributed by atoms with Crippen LogP contribution in [0.3, 0.4) is 0 Å². The minimum absolute atomic E-state index is 0.00923. The number of ether oxygens (including phenoxy) is 1. The van der Waals surface area contributed by atoms with Crippen LogP contribution in [0.25, 0.3) is 21.5 Å². The fraction of sp³-hybridized carbons (Fsp3) is 0.267. The molecule has 8 heteroatoms. The summed E-state index contributed by atoms with van der Waals surface area (Å²) in [6.45, 7) is 5.48. The first-order valence-electron chi connectivity index (χ1n) is 12.4. The minimum Gasteiger partial charge on any atom is -0.508 e. The number of rotatable bonds is 2. The third kappa shape index (κ3) is 3.07. The number of phenols is 4. The van der Waals surface area contributed by atoms with Crippen molar-refractivity contribution in [1.82, 2.24) is 0 Å². The molecule has 8 nitrogen and oxygen atoms in total. The minimum atomic E-state index is -1.65. The van der Waals surface area contributed by atoms with Crippen LogP contribution in [0.4, 0.5) is 0 Å². The number of esters is 1. The Morgan fingerprint density at radius 3 is 2.29 bits per heavy atom. The molecule has 4 aromatic carbocycles. The molecule has 0 unspecified atom stereocenters. The topological polar surface area (TPSA) is 145 Å². The van der Waals surface area contributed by atoms with Gasteiger partial charge in [-0.15, -0.1) is 0 Å². The second-order valence-electron chi connectivity index (χ2n) is 10.8. The fourth-order valence-corrected chi connectivity index (χ4v) is 6.18. The van der Waals surface area contributed by atoms with E-state index in [0.717, 1.165) is 6.07 Å². The van der Waals surface area contributed by atoms with Crippen molar-refractivity contribution in [1.29, 1.82) is 0 Å². The van der Waals surface area contributed by atoms with Crippen LogP contribution >= 0.6 is 0 Å². The number of cyclic esters (lactones) is 1. The van der Waals surface area contributed by atoms with Crippen LogP contribution in [0.2, 0.25) is 0 Å². The normalized spacial score (nSPS) is 19.7. The number of fused-ring (bicyclic) bond motifs is 6. The highest BCUT2D eigenvalue weighted by Crippen LogP contribution is 2.51. The van der Waals surface area contributed by atoms with E-state index in [2.05, 4.69) is 0 Å². The lowest BCUT2D eigenvalue weighted by Crippen LogP contribution is -2.41. The van der Waals surface area contributed by atoms with Crippen molar-refractivity contribution < 1.29 is 39.9 Å². The molecule has 1 heterocycles. The van der Waals surface area contributed by atoms with Crippen LogP contribution in [0.1, 0.15) is 76.6 Å². The van der Waals surface area contributed by atoms with E-state index in [-0.39, 0.29) is 57.9 Å². The summed E-state index contributed by atoms with van der Waals surface area (Å²) in [4.78, 5) is 26.5. The molecular formula is C30H26O8. The lowest BCUT2D eigenvalue weighted by molar-refractivity contribution is -0.173. The highest BCUT2D eigenvalue weighted by Gasteiger charge is 2.43. The van der Waals surface area contributed by atoms with Crippen LogP contribution in [-0.4, -0.2) is 43.1 Å². The van der Waals surface area contributed by atoms with Gasteiger partial charge >= 0.3 is 5.97 Å². The SMILES string of the molecule is CCC[C@]1(O)Cc2cc3ccc4c(O)c5c(cc4c3c(O)c2C(=O)O1)C(C)(C)c1cc(O)cc(O)c1C5=O. The summed E-state index contributed by atoms with van der Waals surface area (Å²) in [5, 5.41) is 55.7. The molecule has 0 saturated carbocycles. The first-order chi connectivity index (χ1) is 17.9. The van der Waals surface area contributed by atoms with Gasteiger partial charge in [-0.2, -0.15) is 0 Å². The average molecular weight is 515 g/mol. The van der Waals surface area contributed by atoms with Crippen molar-refractivity contribution in [2.24, 2.45) is 0 Å². The number of ketones is 1. The first-order valence-corrected chi connectivity index (χ1v) is 12.4. The molecule has 5 N–H and O–H groups in total. The second kappa shape index (κ2) is 7.61. The Morgan fingerprint density at radius 2 is 1.58 bits per heavy atom. The summed E-state index contributed by atoms with van der Waals surface area (Å²) in [6, 6.07) is 9.23. The zero-order valence-corrected chi connectivity index (χ0v) is 21.0. The van der Waals surface area contributed by atoms with E-state index in [1.54, 1.807) is 38.1 Å². The summed E-state index contributed by atoms with van der Waals surface area (Å²) in [5.74, 6) is -4.30. The monoisotopic (exact) mass is 514 g/mol. The summed E-state index contributed by atoms with van der Waals surface area (Å²) in [5.41, 5.74) is 0.355. The van der Waals surface area contributed by atoms with Crippen LogP contribution < -0.4 is 0 Å². The van der Waals surface area contributed by atoms with Gasteiger partial charge in [-0.3, -0.25) is 4.79 Å². The molecule has 194 valence electrons. The molecule has 1 atom stereocenters. The predicted molar refractivity (Wildman–Crippen MR) is 139 cm³/mol. The van der Waals surface area contributed by atoms with Crippen LogP contribution in [0, 0.1) is 0 Å². The van der Waals surface area contributed by atoms with Crippen LogP contribution in [0.15, 0.2) is 36.4 Å². The molecule has 38 heavy (non-hydrogen) atoms. The first kappa shape index (κ1) is 24.1. The Labute approximate surface area is 217 Å². The van der Waals surface area contributed by atoms with E-state index in [4.69, 9.17) is 4.74 Å². The summed E-state index contributed by atoms with van der Waals surface area (Å²) in [6.07, 6.45) is 0.884. The number of aliphatic hydroxyl groups is 1. The molecule has 6 rings (SSSR count). The van der Waals surface area contributed by atoms with Gasteiger partial charge in [0.05, 0.1) is 11.1 Å². The maximum absolute atomic E-state index is 13.5. The van der Waals surface area contributed by atoms with Crippen molar-refractivity contribution in [2.75, 3.05) is 0 Å². The number of carbonyl (C=O) groups is 2. The molecule has 4 aromatic rings. The number of hydrogen-bond acceptors (Lipinski definition) is 8. The molecule has 0 spiro atoms. The third-order valence-corrected chi connectivity index (χ3v) is 7.95. The Hall–Kier alpha value is -4.30. The molecule has 0 aromatic heterocycles. The van der Waals surface area contributed by atoms with Crippen molar-refractivity contribution in [3.05, 3.63) is 69.8 Å². The molecule has 1 aliphatic carbocycles. The molecule has 0 fully saturated rings. The van der Waals surface area contributed by atoms with E-state index in [1.807, 2.05) is 6.92 Å². The van der Waals surface area contributed by atoms with Crippen molar-refractivity contribution >= 4 is 33.3 Å². The fourth-order valence-electron chi connectivity index (χ4n) is 6.18. The van der Waals surface area contributed by atoms with Gasteiger partial charge in [0.15, 0.2) is 0 Å². The van der Waals surface area contributed by atoms with E-state index >= 15 is 0 Å². The highest BCUT2D eigenvalue weighted by atomic mass is 16.7. The Morgan fingerprint density at radius 1 is 0.868 bits per heavy atom. The summed E-state index contributed by atoms with van der Waals surface area (Å²) < 4.78 is 5.32. The quantitative estimate of drug-likeness (QED) is 0.188. The number of carbonyl (C=O) groups excluding carboxylic acids is 2. The van der Waals surface area contributed by atoms with Gasteiger partial charge in [0.25, 0.3) is 0 Å². The van der Waals surface area contributed by atoms with Gasteiger partial charge in [0, 0.05) is 35.1 Å². The Balaban J connectivity index is 1.67. The lowest BCUT2D eigenvalue weighted by Gasteiger charge is -2.35. The lowest BCUT2D eigenvalue weighted by atomic mass is 9.67. The van der Waals surface area contributed by atoms with Gasteiger partial charge in [0.1, 0.15) is 28.6 Å². The molecule has 0 amide bonds. The van der Waals surface area contributed by atoms with Crippen molar-refractivity contribution in [3.63, 3.8) is 0 Å². The molecule has 0 radical (unpaired) electrons. The zero-order chi connectivity index (χ0) is 27.3. The highest BCUT2D eigenvalue weighted by molar-refractivity contribution is 6.22. The molecule has 2 aliphatic rings. The maximum Gasteiger partial charge on any atom is 0.344 e. The third-order valence-electron chi connectivity index (χ3n) is 7.95. The Kier molecular flexibility index (Phi) is 4.82. The van der Waals surface area contributed by atoms with E-state index in [9.17, 15) is 35.1 Å². The summed E-state index contributed by atoms with van der Waals surface area (Å²) >= 11 is 0. The van der Waals surface area contributed by atoms with Gasteiger partial charge in [-0.1, -0.05) is 26.8 Å². The predicted octanol–water partition coefficient (Wildman–Crippen LogP) is 4.89. The van der Waals surface area contributed by atoms with Gasteiger partial charge in [0.2, 0.25) is 11.6 Å². The van der Waals surface area contributed by atoms with Gasteiger partial charge < -0.3 is 30.3 Å². The maximum atomic E-state index is 13.5. The van der Waals surface area contributed by atoms with Crippen LogP contribution in [0.5, 0.6) is 23.0 Å². The number of aromatic hydroxyl groups is 4. The molecule has 0 bridgehead atoms. The van der Waals surface area contributed by atoms with Crippen LogP contribution in [-0.2, 0) is 16.6 Å². The number of phenolic OH excluding ortho intramolecular Hbond substituents is 4. The summed E-state index contributed by atoms with van der Waals surface area (Å²) in [7, 11) is 0. The standard InChI is InChI=1S/C30H26O8/c1-4-7-30(37)12-14-8-13-5-6-16-17(21(13)26(34)22(14)28(36)38-30)11-19-24(25(16)33)27(35)23-18(29(19,2)3)9-15(31)10-20(23)32/h5-6,8-11,31-34,37H,4,7,12H2,1-3H3/t30-/m1/s1.